The van der Waals surface area contributed by atoms with Crippen LogP contribution in [0.15, 0.2) is 0 Å². The Morgan fingerprint density at radius 1 is 1.27 bits per heavy atom. The molecule has 2 nitrogen and oxygen atoms in total. The van der Waals surface area contributed by atoms with Crippen molar-refractivity contribution in [1.82, 2.24) is 4.90 Å². The lowest BCUT2D eigenvalue weighted by atomic mass is 9.89. The maximum atomic E-state index is 11.9. The van der Waals surface area contributed by atoms with Crippen LogP contribution >= 0.6 is 0 Å². The average Bonchev–Trinajstić information content (AvgIpc) is 2.27. The molecule has 0 bridgehead atoms. The highest BCUT2D eigenvalue weighted by molar-refractivity contribution is 4.88. The lowest BCUT2D eigenvalue weighted by Gasteiger charge is -2.44. The van der Waals surface area contributed by atoms with Gasteiger partial charge in [-0.2, -0.15) is 0 Å². The van der Waals surface area contributed by atoms with Crippen molar-refractivity contribution in [3.05, 3.63) is 0 Å². The molecule has 0 amide bonds. The van der Waals surface area contributed by atoms with Crippen molar-refractivity contribution in [2.45, 2.75) is 51.0 Å². The van der Waals surface area contributed by atoms with Crippen LogP contribution in [-0.2, 0) is 0 Å². The molecule has 90 valence electrons. The number of likely N-dealkylation sites (tertiary alicyclic amines) is 1. The van der Waals surface area contributed by atoms with E-state index in [0.717, 1.165) is 32.4 Å². The highest BCUT2D eigenvalue weighted by Gasteiger charge is 2.32. The number of alkyl halides is 1. The highest BCUT2D eigenvalue weighted by Crippen LogP contribution is 2.27. The van der Waals surface area contributed by atoms with E-state index in [1.807, 2.05) is 0 Å². The third kappa shape index (κ3) is 3.72. The van der Waals surface area contributed by atoms with Crippen molar-refractivity contribution in [1.29, 1.82) is 0 Å². The van der Waals surface area contributed by atoms with Crippen LogP contribution in [-0.4, -0.2) is 41.9 Å². The number of halogens is 1. The minimum atomic E-state index is -0.197. The van der Waals surface area contributed by atoms with E-state index < -0.39 is 0 Å². The van der Waals surface area contributed by atoms with Gasteiger partial charge in [0, 0.05) is 5.54 Å². The molecule has 0 unspecified atom stereocenters. The predicted molar refractivity (Wildman–Crippen MR) is 60.7 cm³/mol. The Balaban J connectivity index is 2.30. The number of hydrogen-bond donors (Lipinski definition) is 1. The number of rotatable bonds is 6. The molecule has 1 saturated heterocycles. The van der Waals surface area contributed by atoms with Gasteiger partial charge in [-0.05, 0) is 52.1 Å². The SMILES string of the molecule is C[C@@]1(CO)CCCCN1CCCCCF. The van der Waals surface area contributed by atoms with Gasteiger partial charge in [0.25, 0.3) is 0 Å². The first kappa shape index (κ1) is 12.9. The van der Waals surface area contributed by atoms with Gasteiger partial charge in [0.1, 0.15) is 0 Å². The van der Waals surface area contributed by atoms with Gasteiger partial charge in [-0.3, -0.25) is 9.29 Å². The molecular formula is C12H24FNO. The fraction of sp³-hybridized carbons (Fsp3) is 1.00. The van der Waals surface area contributed by atoms with Gasteiger partial charge in [0.2, 0.25) is 0 Å². The monoisotopic (exact) mass is 217 g/mol. The van der Waals surface area contributed by atoms with Crippen molar-refractivity contribution in [2.24, 2.45) is 0 Å². The fourth-order valence-electron chi connectivity index (χ4n) is 2.37. The number of piperidine rings is 1. The van der Waals surface area contributed by atoms with E-state index in [1.165, 1.54) is 12.8 Å². The second kappa shape index (κ2) is 6.44. The van der Waals surface area contributed by atoms with E-state index in [2.05, 4.69) is 11.8 Å². The summed E-state index contributed by atoms with van der Waals surface area (Å²) in [5, 5.41) is 9.42. The standard InChI is InChI=1S/C12H24FNO/c1-12(11-15)7-3-6-10-14(12)9-5-2-4-8-13/h15H,2-11H2,1H3/t12-/m0/s1. The molecule has 0 saturated carbocycles. The number of aliphatic hydroxyl groups excluding tert-OH is 1. The summed E-state index contributed by atoms with van der Waals surface area (Å²) in [5.41, 5.74) is -0.0199. The van der Waals surface area contributed by atoms with E-state index in [9.17, 15) is 9.50 Å². The van der Waals surface area contributed by atoms with E-state index >= 15 is 0 Å². The van der Waals surface area contributed by atoms with Gasteiger partial charge in [-0.1, -0.05) is 6.42 Å². The van der Waals surface area contributed by atoms with Crippen LogP contribution in [0.1, 0.15) is 45.4 Å². The smallest absolute Gasteiger partial charge is 0.0894 e. The molecular weight excluding hydrogens is 193 g/mol. The Kier molecular flexibility index (Phi) is 5.54. The van der Waals surface area contributed by atoms with Gasteiger partial charge in [-0.25, -0.2) is 0 Å². The summed E-state index contributed by atoms with van der Waals surface area (Å²) in [4.78, 5) is 2.38. The minimum absolute atomic E-state index is 0.0199. The van der Waals surface area contributed by atoms with Crippen molar-refractivity contribution < 1.29 is 9.50 Å². The maximum Gasteiger partial charge on any atom is 0.0894 e. The molecule has 1 atom stereocenters. The number of aliphatic hydroxyl groups is 1. The van der Waals surface area contributed by atoms with Crippen LogP contribution in [0.25, 0.3) is 0 Å². The molecule has 1 fully saturated rings. The third-order valence-electron chi connectivity index (χ3n) is 3.56. The van der Waals surface area contributed by atoms with Gasteiger partial charge in [0.15, 0.2) is 0 Å². The average molecular weight is 217 g/mol. The zero-order valence-electron chi connectivity index (χ0n) is 9.84. The molecule has 1 aliphatic heterocycles. The molecule has 1 rings (SSSR count). The first-order chi connectivity index (χ1) is 7.23. The molecule has 0 aromatic rings. The van der Waals surface area contributed by atoms with E-state index in [1.54, 1.807) is 0 Å². The van der Waals surface area contributed by atoms with Crippen LogP contribution in [0.2, 0.25) is 0 Å². The van der Waals surface area contributed by atoms with Gasteiger partial charge < -0.3 is 5.11 Å². The summed E-state index contributed by atoms with van der Waals surface area (Å²) < 4.78 is 11.9. The quantitative estimate of drug-likeness (QED) is 0.690. The number of unbranched alkanes of at least 4 members (excludes halogenated alkanes) is 2. The number of hydrogen-bond acceptors (Lipinski definition) is 2. The van der Waals surface area contributed by atoms with Gasteiger partial charge in [-0.15, -0.1) is 0 Å². The lowest BCUT2D eigenvalue weighted by Crippen LogP contribution is -2.52. The normalized spacial score (nSPS) is 28.2. The fourth-order valence-corrected chi connectivity index (χ4v) is 2.37. The second-order valence-electron chi connectivity index (χ2n) is 4.85. The summed E-state index contributed by atoms with van der Waals surface area (Å²) >= 11 is 0. The Morgan fingerprint density at radius 2 is 2.07 bits per heavy atom. The molecule has 15 heavy (non-hydrogen) atoms. The van der Waals surface area contributed by atoms with Crippen LogP contribution in [0.5, 0.6) is 0 Å². The Morgan fingerprint density at radius 3 is 2.73 bits per heavy atom. The maximum absolute atomic E-state index is 11.9. The van der Waals surface area contributed by atoms with Crippen molar-refractivity contribution >= 4 is 0 Å². The molecule has 0 aromatic heterocycles. The van der Waals surface area contributed by atoms with Crippen LogP contribution in [0, 0.1) is 0 Å². The van der Waals surface area contributed by atoms with Crippen LogP contribution in [0.3, 0.4) is 0 Å². The highest BCUT2D eigenvalue weighted by atomic mass is 19.1. The van der Waals surface area contributed by atoms with Crippen LogP contribution in [0.4, 0.5) is 4.39 Å². The molecule has 0 aliphatic carbocycles. The van der Waals surface area contributed by atoms with Crippen LogP contribution < -0.4 is 0 Å². The van der Waals surface area contributed by atoms with Gasteiger partial charge >= 0.3 is 0 Å². The number of nitrogens with zero attached hydrogens (tertiary/aromatic N) is 1. The largest absolute Gasteiger partial charge is 0.394 e. The van der Waals surface area contributed by atoms with Crippen molar-refractivity contribution in [3.63, 3.8) is 0 Å². The summed E-state index contributed by atoms with van der Waals surface area (Å²) in [7, 11) is 0. The third-order valence-corrected chi connectivity index (χ3v) is 3.56. The first-order valence-electron chi connectivity index (χ1n) is 6.15. The lowest BCUT2D eigenvalue weighted by molar-refractivity contribution is 0.0112. The Labute approximate surface area is 92.5 Å². The molecule has 1 aliphatic rings. The molecule has 0 aromatic carbocycles. The summed E-state index contributed by atoms with van der Waals surface area (Å²) in [6, 6.07) is 0. The summed E-state index contributed by atoms with van der Waals surface area (Å²) in [6.07, 6.45) is 6.25. The second-order valence-corrected chi connectivity index (χ2v) is 4.85. The summed E-state index contributed by atoms with van der Waals surface area (Å²) in [5.74, 6) is 0. The van der Waals surface area contributed by atoms with Gasteiger partial charge in [0.05, 0.1) is 13.3 Å². The molecule has 1 heterocycles. The Hall–Kier alpha value is -0.150. The molecule has 0 radical (unpaired) electrons. The molecule has 0 spiro atoms. The van der Waals surface area contributed by atoms with Crippen molar-refractivity contribution in [3.8, 4) is 0 Å². The van der Waals surface area contributed by atoms with E-state index in [0.29, 0.717) is 6.42 Å². The van der Waals surface area contributed by atoms with E-state index in [4.69, 9.17) is 0 Å². The predicted octanol–water partition coefficient (Wildman–Crippen LogP) is 2.36. The zero-order chi connectivity index (χ0) is 11.1. The Bertz CT molecular complexity index is 177. The zero-order valence-corrected chi connectivity index (χ0v) is 9.84. The van der Waals surface area contributed by atoms with E-state index in [-0.39, 0.29) is 18.8 Å². The first-order valence-corrected chi connectivity index (χ1v) is 6.15. The minimum Gasteiger partial charge on any atom is -0.394 e. The summed E-state index contributed by atoms with van der Waals surface area (Å²) in [6.45, 7) is 4.29. The van der Waals surface area contributed by atoms with Crippen molar-refractivity contribution in [2.75, 3.05) is 26.4 Å². The molecule has 1 N–H and O–H groups in total. The molecule has 3 heteroatoms. The topological polar surface area (TPSA) is 23.5 Å².